The van der Waals surface area contributed by atoms with E-state index in [2.05, 4.69) is 25.9 Å². The Morgan fingerprint density at radius 1 is 1.54 bits per heavy atom. The van der Waals surface area contributed by atoms with Gasteiger partial charge in [0.15, 0.2) is 0 Å². The predicted octanol–water partition coefficient (Wildman–Crippen LogP) is 2.02. The number of hydrogen-bond acceptors (Lipinski definition) is 2. The molecule has 13 heavy (non-hydrogen) atoms. The second-order valence-corrected chi connectivity index (χ2v) is 3.39. The van der Waals surface area contributed by atoms with Gasteiger partial charge in [0, 0.05) is 11.6 Å². The minimum Gasteiger partial charge on any atom is -0.477 e. The predicted molar refractivity (Wildman–Crippen MR) is 50.8 cm³/mol. The molecule has 4 nitrogen and oxygen atoms in total. The van der Waals surface area contributed by atoms with Crippen LogP contribution in [0.4, 0.5) is 0 Å². The van der Waals surface area contributed by atoms with Crippen molar-refractivity contribution in [2.24, 2.45) is 0 Å². The fourth-order valence-corrected chi connectivity index (χ4v) is 1.45. The van der Waals surface area contributed by atoms with Gasteiger partial charge < -0.3 is 10.1 Å². The summed E-state index contributed by atoms with van der Waals surface area (Å²) < 4.78 is 0.679. The third-order valence-corrected chi connectivity index (χ3v) is 2.13. The SMILES string of the molecule is O=C(O)c1cc2cnc(Br)cc2[nH]1. The molecule has 2 aromatic heterocycles. The molecular weight excluding hydrogens is 236 g/mol. The molecule has 0 aliphatic heterocycles. The van der Waals surface area contributed by atoms with Crippen molar-refractivity contribution in [2.75, 3.05) is 0 Å². The molecule has 0 radical (unpaired) electrons. The minimum atomic E-state index is -0.965. The van der Waals surface area contributed by atoms with E-state index in [-0.39, 0.29) is 5.69 Å². The number of hydrogen-bond donors (Lipinski definition) is 2. The van der Waals surface area contributed by atoms with E-state index in [1.54, 1.807) is 18.3 Å². The van der Waals surface area contributed by atoms with Gasteiger partial charge in [-0.15, -0.1) is 0 Å². The van der Waals surface area contributed by atoms with Gasteiger partial charge in [-0.1, -0.05) is 0 Å². The molecule has 0 fully saturated rings. The van der Waals surface area contributed by atoms with Crippen LogP contribution in [0.25, 0.3) is 10.9 Å². The van der Waals surface area contributed by atoms with Gasteiger partial charge in [-0.05, 0) is 28.1 Å². The molecule has 0 atom stereocenters. The highest BCUT2D eigenvalue weighted by molar-refractivity contribution is 9.10. The van der Waals surface area contributed by atoms with Gasteiger partial charge in [-0.25, -0.2) is 9.78 Å². The van der Waals surface area contributed by atoms with Crippen molar-refractivity contribution in [3.8, 4) is 0 Å². The van der Waals surface area contributed by atoms with Crippen LogP contribution in [0.3, 0.4) is 0 Å². The molecule has 2 N–H and O–H groups in total. The maximum atomic E-state index is 10.6. The Morgan fingerprint density at radius 2 is 2.31 bits per heavy atom. The Hall–Kier alpha value is -1.36. The lowest BCUT2D eigenvalue weighted by Gasteiger charge is -1.88. The Labute approximate surface area is 81.7 Å². The highest BCUT2D eigenvalue weighted by Gasteiger charge is 2.07. The lowest BCUT2D eigenvalue weighted by molar-refractivity contribution is 0.0691. The largest absolute Gasteiger partial charge is 0.477 e. The summed E-state index contributed by atoms with van der Waals surface area (Å²) >= 11 is 3.20. The zero-order valence-electron chi connectivity index (χ0n) is 6.41. The van der Waals surface area contributed by atoms with E-state index < -0.39 is 5.97 Å². The highest BCUT2D eigenvalue weighted by atomic mass is 79.9. The number of nitrogens with one attached hydrogen (secondary N) is 1. The Balaban J connectivity index is 2.68. The quantitative estimate of drug-likeness (QED) is 0.750. The zero-order chi connectivity index (χ0) is 9.42. The van der Waals surface area contributed by atoms with Crippen molar-refractivity contribution in [1.29, 1.82) is 0 Å². The first-order chi connectivity index (χ1) is 6.16. The number of aromatic amines is 1. The zero-order valence-corrected chi connectivity index (χ0v) is 8.00. The molecule has 0 aliphatic carbocycles. The highest BCUT2D eigenvalue weighted by Crippen LogP contribution is 2.17. The number of carbonyl (C=O) groups is 1. The Kier molecular flexibility index (Phi) is 1.81. The lowest BCUT2D eigenvalue weighted by Crippen LogP contribution is -1.94. The van der Waals surface area contributed by atoms with Crippen LogP contribution in [0.5, 0.6) is 0 Å². The topological polar surface area (TPSA) is 66.0 Å². The number of halogens is 1. The van der Waals surface area contributed by atoms with Crippen LogP contribution in [0.2, 0.25) is 0 Å². The maximum Gasteiger partial charge on any atom is 0.352 e. The number of H-pyrrole nitrogens is 1. The normalized spacial score (nSPS) is 10.5. The van der Waals surface area contributed by atoms with Gasteiger partial charge in [0.05, 0.1) is 5.52 Å². The van der Waals surface area contributed by atoms with Gasteiger partial charge >= 0.3 is 5.97 Å². The summed E-state index contributed by atoms with van der Waals surface area (Å²) in [6.07, 6.45) is 1.61. The van der Waals surface area contributed by atoms with Crippen molar-refractivity contribution >= 4 is 32.8 Å². The molecule has 0 aromatic carbocycles. The second kappa shape index (κ2) is 2.85. The number of carboxylic acids is 1. The minimum absolute atomic E-state index is 0.176. The number of carboxylic acid groups (broad SMARTS) is 1. The van der Waals surface area contributed by atoms with Crippen LogP contribution in [0, 0.1) is 0 Å². The summed E-state index contributed by atoms with van der Waals surface area (Å²) in [4.78, 5) is 17.3. The molecule has 2 rings (SSSR count). The summed E-state index contributed by atoms with van der Waals surface area (Å²) in [5.41, 5.74) is 0.939. The van der Waals surface area contributed by atoms with Crippen LogP contribution in [0.15, 0.2) is 22.9 Å². The molecule has 2 heterocycles. The van der Waals surface area contributed by atoms with Crippen molar-refractivity contribution in [3.63, 3.8) is 0 Å². The fraction of sp³-hybridized carbons (Fsp3) is 0. The third kappa shape index (κ3) is 1.42. The first kappa shape index (κ1) is 8.25. The molecule has 0 saturated carbocycles. The van der Waals surface area contributed by atoms with Crippen LogP contribution in [0.1, 0.15) is 10.5 Å². The van der Waals surface area contributed by atoms with E-state index in [0.29, 0.717) is 4.60 Å². The third-order valence-electron chi connectivity index (χ3n) is 1.70. The van der Waals surface area contributed by atoms with E-state index >= 15 is 0 Å². The summed E-state index contributed by atoms with van der Waals surface area (Å²) in [5.74, 6) is -0.965. The number of fused-ring (bicyclic) bond motifs is 1. The summed E-state index contributed by atoms with van der Waals surface area (Å²) in [7, 11) is 0. The summed E-state index contributed by atoms with van der Waals surface area (Å²) in [5, 5.41) is 9.48. The van der Waals surface area contributed by atoms with Crippen molar-refractivity contribution in [1.82, 2.24) is 9.97 Å². The molecule has 0 aliphatic rings. The van der Waals surface area contributed by atoms with E-state index in [1.807, 2.05) is 0 Å². The van der Waals surface area contributed by atoms with E-state index in [1.165, 1.54) is 0 Å². The summed E-state index contributed by atoms with van der Waals surface area (Å²) in [6, 6.07) is 3.29. The average molecular weight is 241 g/mol. The van der Waals surface area contributed by atoms with E-state index in [9.17, 15) is 4.79 Å². The molecule has 0 saturated heterocycles. The van der Waals surface area contributed by atoms with Crippen molar-refractivity contribution < 1.29 is 9.90 Å². The number of aromatic nitrogens is 2. The molecule has 0 bridgehead atoms. The number of nitrogens with zero attached hydrogens (tertiary/aromatic N) is 1. The number of pyridine rings is 1. The molecule has 0 amide bonds. The van der Waals surface area contributed by atoms with Crippen molar-refractivity contribution in [3.05, 3.63) is 28.6 Å². The molecule has 5 heteroatoms. The van der Waals surface area contributed by atoms with Gasteiger partial charge in [0.2, 0.25) is 0 Å². The molecule has 66 valence electrons. The van der Waals surface area contributed by atoms with E-state index in [4.69, 9.17) is 5.11 Å². The van der Waals surface area contributed by atoms with Crippen molar-refractivity contribution in [2.45, 2.75) is 0 Å². The number of rotatable bonds is 1. The van der Waals surface area contributed by atoms with E-state index in [0.717, 1.165) is 10.9 Å². The summed E-state index contributed by atoms with van der Waals surface area (Å²) in [6.45, 7) is 0. The fourth-order valence-electron chi connectivity index (χ4n) is 1.12. The molecule has 0 spiro atoms. The smallest absolute Gasteiger partial charge is 0.352 e. The monoisotopic (exact) mass is 240 g/mol. The average Bonchev–Trinajstić information content (AvgIpc) is 2.46. The molecule has 0 unspecified atom stereocenters. The Morgan fingerprint density at radius 3 is 3.00 bits per heavy atom. The van der Waals surface area contributed by atoms with Gasteiger partial charge in [0.25, 0.3) is 0 Å². The number of aromatic carboxylic acids is 1. The Bertz CT molecular complexity index is 478. The standard InChI is InChI=1S/C8H5BrN2O2/c9-7-2-5-4(3-10-7)1-6(11-5)8(12)13/h1-3,11H,(H,12,13). The van der Waals surface area contributed by atoms with Crippen LogP contribution >= 0.6 is 15.9 Å². The molecule has 2 aromatic rings. The van der Waals surface area contributed by atoms with Crippen LogP contribution < -0.4 is 0 Å². The molecular formula is C8H5BrN2O2. The lowest BCUT2D eigenvalue weighted by atomic mass is 10.3. The van der Waals surface area contributed by atoms with Crippen LogP contribution in [-0.4, -0.2) is 21.0 Å². The second-order valence-electron chi connectivity index (χ2n) is 2.58. The van der Waals surface area contributed by atoms with Gasteiger partial charge in [-0.3, -0.25) is 0 Å². The first-order valence-electron chi connectivity index (χ1n) is 3.54. The van der Waals surface area contributed by atoms with Gasteiger partial charge in [-0.2, -0.15) is 0 Å². The van der Waals surface area contributed by atoms with Gasteiger partial charge in [0.1, 0.15) is 10.3 Å². The first-order valence-corrected chi connectivity index (χ1v) is 4.33. The maximum absolute atomic E-state index is 10.6. The van der Waals surface area contributed by atoms with Crippen LogP contribution in [-0.2, 0) is 0 Å².